The molecule has 0 bridgehead atoms. The third-order valence-electron chi connectivity index (χ3n) is 3.99. The van der Waals surface area contributed by atoms with Crippen LogP contribution in [0.5, 0.6) is 5.75 Å². The number of allylic oxidation sites excluding steroid dienone is 1. The number of rotatable bonds is 13. The van der Waals surface area contributed by atoms with Gasteiger partial charge in [0, 0.05) is 6.42 Å². The van der Waals surface area contributed by atoms with E-state index in [1.165, 1.54) is 31.9 Å². The van der Waals surface area contributed by atoms with E-state index in [1.807, 2.05) is 24.3 Å². The van der Waals surface area contributed by atoms with Gasteiger partial charge in [-0.05, 0) is 49.8 Å². The molecule has 0 aliphatic heterocycles. The van der Waals surface area contributed by atoms with Crippen LogP contribution in [-0.4, -0.2) is 30.9 Å². The molecular formula is C21H32O4. The number of benzene rings is 1. The SMILES string of the molecule is CCCCCc1ccc(OCC(O)CC=CCCCC(=O)OC)cc1. The normalized spacial score (nSPS) is 12.3. The summed E-state index contributed by atoms with van der Waals surface area (Å²) in [7, 11) is 1.40. The molecular weight excluding hydrogens is 316 g/mol. The van der Waals surface area contributed by atoms with Gasteiger partial charge in [-0.15, -0.1) is 0 Å². The Kier molecular flexibility index (Phi) is 11.4. The van der Waals surface area contributed by atoms with Gasteiger partial charge < -0.3 is 14.6 Å². The van der Waals surface area contributed by atoms with Gasteiger partial charge in [-0.3, -0.25) is 4.79 Å². The number of aliphatic hydroxyl groups is 1. The lowest BCUT2D eigenvalue weighted by Gasteiger charge is -2.11. The summed E-state index contributed by atoms with van der Waals surface area (Å²) in [5, 5.41) is 9.94. The van der Waals surface area contributed by atoms with Gasteiger partial charge in [0.25, 0.3) is 0 Å². The molecule has 0 aliphatic carbocycles. The lowest BCUT2D eigenvalue weighted by Crippen LogP contribution is -2.16. The molecule has 0 aliphatic rings. The zero-order valence-electron chi connectivity index (χ0n) is 15.6. The summed E-state index contributed by atoms with van der Waals surface area (Å²) in [4.78, 5) is 11.0. The number of unbranched alkanes of at least 4 members (excludes halogenated alkanes) is 3. The van der Waals surface area contributed by atoms with E-state index in [2.05, 4.69) is 23.8 Å². The maximum absolute atomic E-state index is 11.0. The number of carbonyl (C=O) groups is 1. The first-order valence-electron chi connectivity index (χ1n) is 9.27. The topological polar surface area (TPSA) is 55.8 Å². The molecule has 0 radical (unpaired) electrons. The van der Waals surface area contributed by atoms with Crippen LogP contribution < -0.4 is 4.74 Å². The van der Waals surface area contributed by atoms with Crippen molar-refractivity contribution in [1.29, 1.82) is 0 Å². The average molecular weight is 348 g/mol. The Labute approximate surface area is 151 Å². The quantitative estimate of drug-likeness (QED) is 0.325. The van der Waals surface area contributed by atoms with Crippen molar-refractivity contribution in [2.75, 3.05) is 13.7 Å². The number of ether oxygens (including phenoxy) is 2. The number of methoxy groups -OCH3 is 1. The highest BCUT2D eigenvalue weighted by atomic mass is 16.5. The van der Waals surface area contributed by atoms with Gasteiger partial charge in [0.1, 0.15) is 12.4 Å². The molecule has 4 heteroatoms. The summed E-state index contributed by atoms with van der Waals surface area (Å²) in [5.41, 5.74) is 1.33. The van der Waals surface area contributed by atoms with E-state index in [-0.39, 0.29) is 12.6 Å². The van der Waals surface area contributed by atoms with Gasteiger partial charge in [-0.2, -0.15) is 0 Å². The minimum Gasteiger partial charge on any atom is -0.491 e. The number of aliphatic hydroxyl groups excluding tert-OH is 1. The van der Waals surface area contributed by atoms with Crippen LogP contribution in [0.25, 0.3) is 0 Å². The number of hydrogen-bond donors (Lipinski definition) is 1. The van der Waals surface area contributed by atoms with E-state index in [1.54, 1.807) is 0 Å². The van der Waals surface area contributed by atoms with Crippen LogP contribution in [0.3, 0.4) is 0 Å². The van der Waals surface area contributed by atoms with Crippen molar-refractivity contribution in [1.82, 2.24) is 0 Å². The summed E-state index contributed by atoms with van der Waals surface area (Å²) in [5.74, 6) is 0.610. The summed E-state index contributed by atoms with van der Waals surface area (Å²) in [6, 6.07) is 8.13. The lowest BCUT2D eigenvalue weighted by atomic mass is 10.1. The van der Waals surface area contributed by atoms with Crippen LogP contribution in [0.2, 0.25) is 0 Å². The van der Waals surface area contributed by atoms with Gasteiger partial charge in [0.05, 0.1) is 13.2 Å². The van der Waals surface area contributed by atoms with Crippen LogP contribution in [-0.2, 0) is 16.0 Å². The highest BCUT2D eigenvalue weighted by molar-refractivity contribution is 5.69. The van der Waals surface area contributed by atoms with Crippen molar-refractivity contribution in [2.45, 2.75) is 64.4 Å². The predicted molar refractivity (Wildman–Crippen MR) is 101 cm³/mol. The van der Waals surface area contributed by atoms with Crippen molar-refractivity contribution in [3.05, 3.63) is 42.0 Å². The second-order valence-electron chi connectivity index (χ2n) is 6.24. The molecule has 0 amide bonds. The third kappa shape index (κ3) is 10.6. The molecule has 0 spiro atoms. The van der Waals surface area contributed by atoms with E-state index in [4.69, 9.17) is 4.74 Å². The number of carbonyl (C=O) groups excluding carboxylic acids is 1. The molecule has 140 valence electrons. The summed E-state index contributed by atoms with van der Waals surface area (Å²) >= 11 is 0. The number of aryl methyl sites for hydroxylation is 1. The summed E-state index contributed by atoms with van der Waals surface area (Å²) in [6.45, 7) is 2.49. The predicted octanol–water partition coefficient (Wildman–Crippen LogP) is 4.45. The molecule has 0 fully saturated rings. The van der Waals surface area contributed by atoms with Crippen LogP contribution in [0.15, 0.2) is 36.4 Å². The largest absolute Gasteiger partial charge is 0.491 e. The molecule has 25 heavy (non-hydrogen) atoms. The zero-order chi connectivity index (χ0) is 18.3. The van der Waals surface area contributed by atoms with Crippen LogP contribution in [0.4, 0.5) is 0 Å². The highest BCUT2D eigenvalue weighted by Crippen LogP contribution is 2.15. The summed E-state index contributed by atoms with van der Waals surface area (Å²) in [6.07, 6.45) is 10.8. The Morgan fingerprint density at radius 2 is 1.92 bits per heavy atom. The molecule has 0 saturated heterocycles. The van der Waals surface area contributed by atoms with Crippen molar-refractivity contribution in [3.63, 3.8) is 0 Å². The zero-order valence-corrected chi connectivity index (χ0v) is 15.6. The Bertz CT molecular complexity index is 493. The van der Waals surface area contributed by atoms with Crippen LogP contribution in [0.1, 0.15) is 57.4 Å². The van der Waals surface area contributed by atoms with Crippen LogP contribution >= 0.6 is 0 Å². The maximum atomic E-state index is 11.0. The fourth-order valence-electron chi connectivity index (χ4n) is 2.43. The first-order valence-corrected chi connectivity index (χ1v) is 9.27. The van der Waals surface area contributed by atoms with E-state index in [9.17, 15) is 9.90 Å². The van der Waals surface area contributed by atoms with Crippen molar-refractivity contribution >= 4 is 5.97 Å². The van der Waals surface area contributed by atoms with Crippen molar-refractivity contribution in [3.8, 4) is 5.75 Å². The van der Waals surface area contributed by atoms with Crippen molar-refractivity contribution < 1.29 is 19.4 Å². The number of esters is 1. The monoisotopic (exact) mass is 348 g/mol. The molecule has 0 heterocycles. The van der Waals surface area contributed by atoms with E-state index in [0.717, 1.165) is 25.0 Å². The van der Waals surface area contributed by atoms with Crippen molar-refractivity contribution in [2.24, 2.45) is 0 Å². The number of hydrogen-bond acceptors (Lipinski definition) is 4. The molecule has 1 unspecified atom stereocenters. The van der Waals surface area contributed by atoms with Gasteiger partial charge in [-0.1, -0.05) is 44.1 Å². The average Bonchev–Trinajstić information content (AvgIpc) is 2.63. The minimum atomic E-state index is -0.527. The van der Waals surface area contributed by atoms with Gasteiger partial charge >= 0.3 is 5.97 Å². The molecule has 1 aromatic rings. The van der Waals surface area contributed by atoms with Gasteiger partial charge in [0.2, 0.25) is 0 Å². The molecule has 0 aromatic heterocycles. The first-order chi connectivity index (χ1) is 12.2. The summed E-state index contributed by atoms with van der Waals surface area (Å²) < 4.78 is 10.2. The minimum absolute atomic E-state index is 0.182. The Morgan fingerprint density at radius 3 is 2.60 bits per heavy atom. The Hall–Kier alpha value is -1.81. The van der Waals surface area contributed by atoms with Crippen LogP contribution in [0, 0.1) is 0 Å². The molecule has 1 atom stereocenters. The second-order valence-corrected chi connectivity index (χ2v) is 6.24. The van der Waals surface area contributed by atoms with E-state index in [0.29, 0.717) is 12.8 Å². The highest BCUT2D eigenvalue weighted by Gasteiger charge is 2.03. The molecule has 1 N–H and O–H groups in total. The Morgan fingerprint density at radius 1 is 1.16 bits per heavy atom. The fraction of sp³-hybridized carbons (Fsp3) is 0.571. The smallest absolute Gasteiger partial charge is 0.305 e. The molecule has 1 rings (SSSR count). The molecule has 1 aromatic carbocycles. The Balaban J connectivity index is 2.16. The lowest BCUT2D eigenvalue weighted by molar-refractivity contribution is -0.140. The van der Waals surface area contributed by atoms with E-state index >= 15 is 0 Å². The third-order valence-corrected chi connectivity index (χ3v) is 3.99. The van der Waals surface area contributed by atoms with E-state index < -0.39 is 6.10 Å². The standard InChI is InChI=1S/C21H32O4/c1-3-4-7-10-18-13-15-20(16-14-18)25-17-19(22)11-8-5-6-9-12-21(23)24-2/h5,8,13-16,19,22H,3-4,6-7,9-12,17H2,1-2H3. The van der Waals surface area contributed by atoms with Gasteiger partial charge in [0.15, 0.2) is 0 Å². The molecule has 4 nitrogen and oxygen atoms in total. The molecule has 0 saturated carbocycles. The maximum Gasteiger partial charge on any atom is 0.305 e. The van der Waals surface area contributed by atoms with Gasteiger partial charge in [-0.25, -0.2) is 0 Å². The fourth-order valence-corrected chi connectivity index (χ4v) is 2.43. The second kappa shape index (κ2) is 13.5. The first kappa shape index (κ1) is 21.2.